The molecule has 0 bridgehead atoms. The lowest BCUT2D eigenvalue weighted by Crippen LogP contribution is -2.39. The zero-order valence-electron chi connectivity index (χ0n) is 19.3. The van der Waals surface area contributed by atoms with Crippen molar-refractivity contribution >= 4 is 34.1 Å². The molecule has 0 spiro atoms. The molecule has 2 N–H and O–H groups in total. The Balaban J connectivity index is 1.59. The Kier molecular flexibility index (Phi) is 7.48. The first-order chi connectivity index (χ1) is 17.6. The normalized spacial score (nSPS) is 15.4. The number of rotatable bonds is 6. The molecule has 2 amide bonds. The van der Waals surface area contributed by atoms with Crippen LogP contribution in [0, 0.1) is 23.3 Å². The van der Waals surface area contributed by atoms with Gasteiger partial charge in [-0.05, 0) is 48.1 Å². The minimum absolute atomic E-state index is 0.00436. The number of anilines is 1. The molecule has 194 valence electrons. The smallest absolute Gasteiger partial charge is 0.339 e. The summed E-state index contributed by atoms with van der Waals surface area (Å²) in [7, 11) is 0.945. The molecule has 0 saturated carbocycles. The molecule has 1 aliphatic heterocycles. The first-order valence-corrected chi connectivity index (χ1v) is 11.9. The third-order valence-corrected chi connectivity index (χ3v) is 6.96. The van der Waals surface area contributed by atoms with Gasteiger partial charge in [-0.2, -0.15) is 4.39 Å². The quantitative estimate of drug-likeness (QED) is 0.330. The van der Waals surface area contributed by atoms with Crippen LogP contribution in [-0.2, 0) is 0 Å². The van der Waals surface area contributed by atoms with Gasteiger partial charge in [0.25, 0.3) is 11.8 Å². The predicted molar refractivity (Wildman–Crippen MR) is 126 cm³/mol. The fraction of sp³-hybridized carbons (Fsp3) is 0.240. The monoisotopic (exact) mass is 536 g/mol. The third-order valence-electron chi connectivity index (χ3n) is 6.05. The number of halogens is 4. The maximum Gasteiger partial charge on any atom is 0.339 e. The topological polar surface area (TPSA) is 95.9 Å². The number of carbonyl (C=O) groups excluding carboxylic acids is 2. The number of carboxylic acids is 1. The van der Waals surface area contributed by atoms with Crippen molar-refractivity contribution in [2.45, 2.75) is 18.8 Å². The average Bonchev–Trinajstić information content (AvgIpc) is 3.30. The van der Waals surface area contributed by atoms with Gasteiger partial charge in [0, 0.05) is 24.6 Å². The van der Waals surface area contributed by atoms with Gasteiger partial charge in [-0.15, -0.1) is 11.3 Å². The highest BCUT2D eigenvalue weighted by atomic mass is 32.1. The Morgan fingerprint density at radius 2 is 1.89 bits per heavy atom. The molecule has 0 aliphatic carbocycles. The van der Waals surface area contributed by atoms with Crippen LogP contribution in [0.25, 0.3) is 0 Å². The Labute approximate surface area is 212 Å². The molecule has 1 aliphatic rings. The number of nitrogens with zero attached hydrogens (tertiary/aromatic N) is 1. The molecular formula is C25H20F4N2O5S. The Hall–Kier alpha value is -3.93. The first kappa shape index (κ1) is 26.1. The number of nitrogens with one attached hydrogen (secondary N) is 1. The molecule has 0 radical (unpaired) electrons. The van der Waals surface area contributed by atoms with Crippen molar-refractivity contribution in [3.8, 4) is 5.75 Å². The van der Waals surface area contributed by atoms with Gasteiger partial charge in [-0.1, -0.05) is 6.07 Å². The summed E-state index contributed by atoms with van der Waals surface area (Å²) >= 11 is 0.965. The van der Waals surface area contributed by atoms with E-state index in [1.54, 1.807) is 5.38 Å². The summed E-state index contributed by atoms with van der Waals surface area (Å²) in [5.74, 6) is -9.37. The van der Waals surface area contributed by atoms with Crippen LogP contribution >= 0.6 is 11.3 Å². The van der Waals surface area contributed by atoms with Gasteiger partial charge in [0.15, 0.2) is 17.4 Å². The molecule has 1 atom stereocenters. The standard InChI is InChI=1S/C25H20F4N2O5S/c1-36-21-19(28)15(9-17(27)20(21)29)24(33)31-7-3-5-13(10-31)16-11-37-23(18(16)25(34)35)30-22(32)12-4-2-6-14(26)8-12/h2,4,6,8-9,11,13H,3,5,7,10H2,1H3,(H,30,32)(H,34,35). The van der Waals surface area contributed by atoms with Crippen LogP contribution in [0.15, 0.2) is 35.7 Å². The number of thiophene rings is 1. The second-order valence-electron chi connectivity index (χ2n) is 8.32. The lowest BCUT2D eigenvalue weighted by molar-refractivity contribution is 0.0692. The summed E-state index contributed by atoms with van der Waals surface area (Å²) in [5, 5.41) is 14.0. The van der Waals surface area contributed by atoms with E-state index in [9.17, 15) is 37.1 Å². The summed E-state index contributed by atoms with van der Waals surface area (Å²) in [6.45, 7) is 0.166. The minimum atomic E-state index is -1.55. The number of ether oxygens (including phenoxy) is 1. The van der Waals surface area contributed by atoms with E-state index in [1.807, 2.05) is 0 Å². The number of aromatic carboxylic acids is 1. The van der Waals surface area contributed by atoms with Crippen LogP contribution in [0.1, 0.15) is 55.4 Å². The molecule has 1 aromatic heterocycles. The zero-order valence-corrected chi connectivity index (χ0v) is 20.1. The summed E-state index contributed by atoms with van der Waals surface area (Å²) in [6.07, 6.45) is 0.917. The number of hydrogen-bond acceptors (Lipinski definition) is 5. The molecule has 7 nitrogen and oxygen atoms in total. The van der Waals surface area contributed by atoms with E-state index in [-0.39, 0.29) is 29.2 Å². The fourth-order valence-electron chi connectivity index (χ4n) is 4.29. The molecule has 1 fully saturated rings. The second kappa shape index (κ2) is 10.6. The molecule has 2 heterocycles. The Morgan fingerprint density at radius 3 is 2.57 bits per heavy atom. The molecular weight excluding hydrogens is 516 g/mol. The average molecular weight is 537 g/mol. The number of carbonyl (C=O) groups is 3. The highest BCUT2D eigenvalue weighted by Gasteiger charge is 2.33. The van der Waals surface area contributed by atoms with E-state index < -0.39 is 58.3 Å². The van der Waals surface area contributed by atoms with Gasteiger partial charge < -0.3 is 20.1 Å². The van der Waals surface area contributed by atoms with Crippen LogP contribution in [0.3, 0.4) is 0 Å². The molecule has 1 unspecified atom stereocenters. The van der Waals surface area contributed by atoms with Crippen molar-refractivity contribution in [3.63, 3.8) is 0 Å². The first-order valence-electron chi connectivity index (χ1n) is 11.0. The lowest BCUT2D eigenvalue weighted by atomic mass is 9.89. The van der Waals surface area contributed by atoms with Crippen molar-refractivity contribution in [2.24, 2.45) is 0 Å². The zero-order chi connectivity index (χ0) is 26.9. The largest absolute Gasteiger partial charge is 0.491 e. The van der Waals surface area contributed by atoms with Crippen LogP contribution in [0.5, 0.6) is 5.75 Å². The number of piperidine rings is 1. The van der Waals surface area contributed by atoms with E-state index in [2.05, 4.69) is 10.1 Å². The number of amides is 2. The van der Waals surface area contributed by atoms with Gasteiger partial charge in [0.2, 0.25) is 5.82 Å². The van der Waals surface area contributed by atoms with Gasteiger partial charge in [-0.25, -0.2) is 18.0 Å². The fourth-order valence-corrected chi connectivity index (χ4v) is 5.32. The van der Waals surface area contributed by atoms with Gasteiger partial charge in [0.1, 0.15) is 10.8 Å². The highest BCUT2D eigenvalue weighted by Crippen LogP contribution is 2.38. The number of likely N-dealkylation sites (tertiary alicyclic amines) is 1. The highest BCUT2D eigenvalue weighted by molar-refractivity contribution is 7.15. The second-order valence-corrected chi connectivity index (χ2v) is 9.20. The molecule has 4 rings (SSSR count). The number of hydrogen-bond donors (Lipinski definition) is 2. The van der Waals surface area contributed by atoms with Crippen molar-refractivity contribution in [1.29, 1.82) is 0 Å². The van der Waals surface area contributed by atoms with E-state index >= 15 is 0 Å². The van der Waals surface area contributed by atoms with E-state index in [1.165, 1.54) is 23.1 Å². The number of methoxy groups -OCH3 is 1. The molecule has 3 aromatic rings. The third kappa shape index (κ3) is 5.15. The van der Waals surface area contributed by atoms with E-state index in [0.717, 1.165) is 24.5 Å². The Bertz CT molecular complexity index is 1390. The van der Waals surface area contributed by atoms with Crippen LogP contribution in [0.2, 0.25) is 0 Å². The van der Waals surface area contributed by atoms with E-state index in [0.29, 0.717) is 24.5 Å². The van der Waals surface area contributed by atoms with Crippen LogP contribution in [0.4, 0.5) is 22.6 Å². The SMILES string of the molecule is COc1c(F)c(F)cc(C(=O)N2CCCC(c3csc(NC(=O)c4cccc(F)c4)c3C(=O)O)C2)c1F. The van der Waals surface area contributed by atoms with Crippen molar-refractivity contribution in [1.82, 2.24) is 4.90 Å². The van der Waals surface area contributed by atoms with Gasteiger partial charge in [-0.3, -0.25) is 9.59 Å². The van der Waals surface area contributed by atoms with Crippen molar-refractivity contribution in [3.05, 3.63) is 81.2 Å². The number of benzene rings is 2. The predicted octanol–water partition coefficient (Wildman–Crippen LogP) is 5.28. The van der Waals surface area contributed by atoms with Gasteiger partial charge in [0.05, 0.1) is 18.2 Å². The van der Waals surface area contributed by atoms with Crippen LogP contribution < -0.4 is 10.1 Å². The summed E-state index contributed by atoms with van der Waals surface area (Å²) in [4.78, 5) is 38.9. The Morgan fingerprint density at radius 1 is 1.14 bits per heavy atom. The van der Waals surface area contributed by atoms with Crippen molar-refractivity contribution < 1.29 is 41.8 Å². The molecule has 37 heavy (non-hydrogen) atoms. The molecule has 2 aromatic carbocycles. The minimum Gasteiger partial charge on any atom is -0.491 e. The van der Waals surface area contributed by atoms with Crippen LogP contribution in [-0.4, -0.2) is 48.0 Å². The number of carboxylic acid groups (broad SMARTS) is 1. The molecule has 12 heteroatoms. The maximum absolute atomic E-state index is 14.7. The van der Waals surface area contributed by atoms with Gasteiger partial charge >= 0.3 is 5.97 Å². The molecule has 1 saturated heterocycles. The summed E-state index contributed by atoms with van der Waals surface area (Å²) in [6, 6.07) is 5.38. The maximum atomic E-state index is 14.7. The van der Waals surface area contributed by atoms with Crippen molar-refractivity contribution in [2.75, 3.05) is 25.5 Å². The lowest BCUT2D eigenvalue weighted by Gasteiger charge is -2.33. The summed E-state index contributed by atoms with van der Waals surface area (Å²) in [5.41, 5.74) is -0.518. The van der Waals surface area contributed by atoms with E-state index in [4.69, 9.17) is 0 Å². The summed E-state index contributed by atoms with van der Waals surface area (Å²) < 4.78 is 60.5.